The molecule has 2 heteroatoms. The summed E-state index contributed by atoms with van der Waals surface area (Å²) in [7, 11) is 0. The van der Waals surface area contributed by atoms with Crippen LogP contribution >= 0.6 is 0 Å². The molecule has 0 atom stereocenters. The van der Waals surface area contributed by atoms with Crippen LogP contribution in [0.1, 0.15) is 60.9 Å². The minimum Gasteiger partial charge on any atom is -0.473 e. The van der Waals surface area contributed by atoms with Gasteiger partial charge in [-0.25, -0.2) is 0 Å². The van der Waals surface area contributed by atoms with Crippen LogP contribution in [0.4, 0.5) is 0 Å². The average molecular weight is 457 g/mol. The van der Waals surface area contributed by atoms with E-state index < -0.39 is 5.60 Å². The van der Waals surface area contributed by atoms with Crippen molar-refractivity contribution in [3.63, 3.8) is 0 Å². The Morgan fingerprint density at radius 1 is 0.714 bits per heavy atom. The number of para-hydroxylation sites is 1. The van der Waals surface area contributed by atoms with Gasteiger partial charge in [-0.05, 0) is 47.9 Å². The van der Waals surface area contributed by atoms with E-state index in [0.29, 0.717) is 0 Å². The lowest BCUT2D eigenvalue weighted by atomic mass is 9.60. The predicted molar refractivity (Wildman–Crippen MR) is 143 cm³/mol. The van der Waals surface area contributed by atoms with Crippen LogP contribution in [-0.4, -0.2) is 0 Å². The Morgan fingerprint density at radius 3 is 2.09 bits per heavy atom. The Labute approximate surface area is 205 Å². The Kier molecular flexibility index (Phi) is 4.33. The summed E-state index contributed by atoms with van der Waals surface area (Å²) in [4.78, 5) is 0. The fourth-order valence-corrected chi connectivity index (χ4v) is 6.40. The smallest absolute Gasteiger partial charge is 0.178 e. The first-order chi connectivity index (χ1) is 17.2. The van der Waals surface area contributed by atoms with Crippen LogP contribution in [0.3, 0.4) is 0 Å². The van der Waals surface area contributed by atoms with Gasteiger partial charge in [0.25, 0.3) is 0 Å². The van der Waals surface area contributed by atoms with Crippen molar-refractivity contribution in [3.05, 3.63) is 119 Å². The Balaban J connectivity index is 1.47. The molecule has 0 radical (unpaired) electrons. The number of fused-ring (bicyclic) bond motifs is 9. The van der Waals surface area contributed by atoms with Crippen molar-refractivity contribution >= 4 is 28.0 Å². The molecule has 1 aliphatic carbocycles. The van der Waals surface area contributed by atoms with Crippen LogP contribution < -0.4 is 4.74 Å². The average Bonchev–Trinajstić information content (AvgIpc) is 3.30. The molecule has 0 saturated heterocycles. The summed E-state index contributed by atoms with van der Waals surface area (Å²) in [6.07, 6.45) is 7.95. The van der Waals surface area contributed by atoms with Gasteiger partial charge in [0, 0.05) is 27.3 Å². The largest absolute Gasteiger partial charge is 0.473 e. The van der Waals surface area contributed by atoms with Crippen LogP contribution in [-0.2, 0) is 11.0 Å². The summed E-state index contributed by atoms with van der Waals surface area (Å²) in [5, 5.41) is 2.26. The highest BCUT2D eigenvalue weighted by molar-refractivity contribution is 6.08. The van der Waals surface area contributed by atoms with E-state index >= 15 is 0 Å². The molecule has 5 aromatic rings. The number of furan rings is 1. The highest BCUT2D eigenvalue weighted by Crippen LogP contribution is 2.55. The highest BCUT2D eigenvalue weighted by Gasteiger charge is 2.49. The molecule has 7 rings (SSSR count). The van der Waals surface area contributed by atoms with Crippen molar-refractivity contribution in [3.8, 4) is 5.75 Å². The number of hydrogen-bond acceptors (Lipinski definition) is 2. The fourth-order valence-electron chi connectivity index (χ4n) is 6.40. The summed E-state index contributed by atoms with van der Waals surface area (Å²) in [5.74, 6) is 0.862. The fraction of sp³-hybridized carbons (Fsp3) is 0.212. The van der Waals surface area contributed by atoms with E-state index in [-0.39, 0.29) is 5.41 Å². The first-order valence-electron chi connectivity index (χ1n) is 12.7. The Morgan fingerprint density at radius 2 is 1.37 bits per heavy atom. The van der Waals surface area contributed by atoms with Crippen molar-refractivity contribution in [2.75, 3.05) is 0 Å². The Bertz CT molecular complexity index is 1590. The van der Waals surface area contributed by atoms with Crippen LogP contribution in [0.25, 0.3) is 28.0 Å². The third kappa shape index (κ3) is 2.71. The van der Waals surface area contributed by atoms with Crippen LogP contribution in [0, 0.1) is 0 Å². The molecule has 172 valence electrons. The molecule has 2 aliphatic rings. The summed E-state index contributed by atoms with van der Waals surface area (Å²) in [6, 6.07) is 30.2. The molecule has 0 fully saturated rings. The second-order valence-corrected chi connectivity index (χ2v) is 10.2. The van der Waals surface area contributed by atoms with Crippen molar-refractivity contribution < 1.29 is 9.15 Å². The summed E-state index contributed by atoms with van der Waals surface area (Å²) in [5.41, 5.74) is 7.31. The van der Waals surface area contributed by atoms with Crippen molar-refractivity contribution in [2.45, 2.75) is 44.1 Å². The van der Waals surface area contributed by atoms with Gasteiger partial charge in [0.1, 0.15) is 16.9 Å². The molecule has 2 nitrogen and oxygen atoms in total. The van der Waals surface area contributed by atoms with Crippen molar-refractivity contribution in [1.82, 2.24) is 0 Å². The first-order valence-corrected chi connectivity index (χ1v) is 12.7. The maximum atomic E-state index is 7.07. The minimum absolute atomic E-state index is 0.0470. The first kappa shape index (κ1) is 20.6. The van der Waals surface area contributed by atoms with Gasteiger partial charge in [-0.1, -0.05) is 93.4 Å². The monoisotopic (exact) mass is 456 g/mol. The van der Waals surface area contributed by atoms with Crippen molar-refractivity contribution in [1.29, 1.82) is 0 Å². The van der Waals surface area contributed by atoms with Gasteiger partial charge >= 0.3 is 0 Å². The van der Waals surface area contributed by atoms with Crippen LogP contribution in [0.5, 0.6) is 5.75 Å². The van der Waals surface area contributed by atoms with Gasteiger partial charge in [0.15, 0.2) is 5.60 Å². The maximum absolute atomic E-state index is 7.07. The van der Waals surface area contributed by atoms with E-state index in [1.165, 1.54) is 35.1 Å². The molecule has 1 aromatic heterocycles. The lowest BCUT2D eigenvalue weighted by Gasteiger charge is -2.48. The Hall–Kier alpha value is -3.78. The molecule has 0 saturated carbocycles. The molecular formula is C33H28O2. The summed E-state index contributed by atoms with van der Waals surface area (Å²) >= 11 is 0. The minimum atomic E-state index is -0.661. The van der Waals surface area contributed by atoms with E-state index in [0.717, 1.165) is 39.7 Å². The summed E-state index contributed by atoms with van der Waals surface area (Å²) < 4.78 is 13.4. The van der Waals surface area contributed by atoms with Crippen molar-refractivity contribution in [2.24, 2.45) is 0 Å². The highest BCUT2D eigenvalue weighted by atomic mass is 16.5. The number of ether oxygens (including phenoxy) is 1. The molecule has 0 unspecified atom stereocenters. The standard InChI is InChI=1S/C33H28O2/c1-3-4-20-32(2)25-12-6-8-14-27(25)33(28-15-9-7-13-26(28)32)21-19-24-30(35-33)18-17-23-22-11-5-10-16-29(22)34-31(23)24/h5-19,21H,3-4,20H2,1-2H3. The van der Waals surface area contributed by atoms with Gasteiger partial charge in [-0.2, -0.15) is 0 Å². The second-order valence-electron chi connectivity index (χ2n) is 10.2. The predicted octanol–water partition coefficient (Wildman–Crippen LogP) is 8.75. The molecule has 0 N–H and O–H groups in total. The zero-order valence-corrected chi connectivity index (χ0v) is 20.2. The van der Waals surface area contributed by atoms with Gasteiger partial charge in [-0.3, -0.25) is 0 Å². The number of benzene rings is 4. The van der Waals surface area contributed by atoms with E-state index in [1.807, 2.05) is 12.1 Å². The van der Waals surface area contributed by atoms with Gasteiger partial charge in [-0.15, -0.1) is 0 Å². The molecule has 1 spiro atoms. The molecule has 0 bridgehead atoms. The maximum Gasteiger partial charge on any atom is 0.178 e. The van der Waals surface area contributed by atoms with Crippen LogP contribution in [0.15, 0.2) is 95.4 Å². The third-order valence-electron chi connectivity index (χ3n) is 8.17. The number of unbranched alkanes of at least 4 members (excludes halogenated alkanes) is 1. The molecule has 1 aliphatic heterocycles. The molecule has 0 amide bonds. The number of rotatable bonds is 3. The van der Waals surface area contributed by atoms with E-state index in [2.05, 4.69) is 98.8 Å². The second kappa shape index (κ2) is 7.36. The van der Waals surface area contributed by atoms with E-state index in [4.69, 9.17) is 9.15 Å². The zero-order chi connectivity index (χ0) is 23.6. The number of hydrogen-bond donors (Lipinski definition) is 0. The topological polar surface area (TPSA) is 22.4 Å². The lowest BCUT2D eigenvalue weighted by molar-refractivity contribution is 0.150. The van der Waals surface area contributed by atoms with E-state index in [9.17, 15) is 0 Å². The quantitative estimate of drug-likeness (QED) is 0.271. The molecular weight excluding hydrogens is 428 g/mol. The summed E-state index contributed by atoms with van der Waals surface area (Å²) in [6.45, 7) is 4.68. The van der Waals surface area contributed by atoms with Gasteiger partial charge in [0.2, 0.25) is 0 Å². The van der Waals surface area contributed by atoms with Gasteiger partial charge < -0.3 is 9.15 Å². The molecule has 4 aromatic carbocycles. The molecule has 35 heavy (non-hydrogen) atoms. The third-order valence-corrected chi connectivity index (χ3v) is 8.17. The zero-order valence-electron chi connectivity index (χ0n) is 20.2. The molecule has 2 heterocycles. The SMILES string of the molecule is CCCCC1(C)c2ccccc2C2(C=Cc3c(ccc4c3oc3ccccc34)O2)c2ccccc21. The van der Waals surface area contributed by atoms with Gasteiger partial charge in [0.05, 0.1) is 5.56 Å². The van der Waals surface area contributed by atoms with Crippen LogP contribution in [0.2, 0.25) is 0 Å². The van der Waals surface area contributed by atoms with E-state index in [1.54, 1.807) is 0 Å². The normalized spacial score (nSPS) is 22.1. The lowest BCUT2D eigenvalue weighted by Crippen LogP contribution is -2.44.